The van der Waals surface area contributed by atoms with Crippen molar-refractivity contribution in [3.8, 4) is 0 Å². The molecular weight excluding hydrogens is 424 g/mol. The molecule has 9 heteroatoms. The minimum atomic E-state index is -3.89. The zero-order valence-electron chi connectivity index (χ0n) is 18.5. The topological polar surface area (TPSA) is 83.9 Å². The summed E-state index contributed by atoms with van der Waals surface area (Å²) < 4.78 is 36.7. The Morgan fingerprint density at radius 3 is 2.33 bits per heavy atom. The maximum Gasteiger partial charge on any atom is 0.265 e. The third-order valence-corrected chi connectivity index (χ3v) is 7.40. The predicted molar refractivity (Wildman–Crippen MR) is 121 cm³/mol. The third-order valence-electron chi connectivity index (χ3n) is 5.60. The van der Waals surface area contributed by atoms with Crippen molar-refractivity contribution in [1.29, 1.82) is 0 Å². The summed E-state index contributed by atoms with van der Waals surface area (Å²) in [5.41, 5.74) is 0.166. The van der Waals surface area contributed by atoms with Crippen LogP contribution in [-0.4, -0.2) is 98.7 Å². The Bertz CT molecular complexity index is 801. The molecule has 1 saturated heterocycles. The zero-order valence-corrected chi connectivity index (χ0v) is 20.1. The highest BCUT2D eigenvalue weighted by Crippen LogP contribution is 2.24. The molecule has 0 radical (unpaired) electrons. The molecule has 0 bridgehead atoms. The van der Waals surface area contributed by atoms with E-state index >= 15 is 0 Å². The Balaban J connectivity index is 1.84. The van der Waals surface area contributed by atoms with Gasteiger partial charge in [0.1, 0.15) is 0 Å². The monoisotopic (exact) mass is 459 g/mol. The van der Waals surface area contributed by atoms with Crippen LogP contribution in [0.15, 0.2) is 29.2 Å². The molecule has 1 aliphatic heterocycles. The normalized spacial score (nSPS) is 16.6. The molecule has 1 aromatic carbocycles. The van der Waals surface area contributed by atoms with Crippen molar-refractivity contribution in [1.82, 2.24) is 4.90 Å². The molecule has 0 atom stereocenters. The van der Waals surface area contributed by atoms with Gasteiger partial charge in [0.2, 0.25) is 0 Å². The first-order valence-corrected chi connectivity index (χ1v) is 12.9. The number of morpholine rings is 1. The van der Waals surface area contributed by atoms with E-state index in [9.17, 15) is 13.2 Å². The van der Waals surface area contributed by atoms with Crippen LogP contribution >= 0.6 is 11.8 Å². The molecule has 0 saturated carbocycles. The summed E-state index contributed by atoms with van der Waals surface area (Å²) in [6.07, 6.45) is 0.437. The van der Waals surface area contributed by atoms with E-state index in [0.717, 1.165) is 35.8 Å². The van der Waals surface area contributed by atoms with E-state index in [0.29, 0.717) is 30.7 Å². The fourth-order valence-corrected chi connectivity index (χ4v) is 5.16. The Morgan fingerprint density at radius 2 is 1.77 bits per heavy atom. The molecule has 1 N–H and O–H groups in total. The lowest BCUT2D eigenvalue weighted by atomic mass is 9.91. The molecule has 30 heavy (non-hydrogen) atoms. The van der Waals surface area contributed by atoms with Gasteiger partial charge in [-0.2, -0.15) is 8.42 Å². The molecule has 1 aliphatic rings. The number of hydrogen-bond acceptors (Lipinski definition) is 6. The van der Waals surface area contributed by atoms with E-state index in [1.807, 2.05) is 38.1 Å². The van der Waals surface area contributed by atoms with Crippen LogP contribution in [0.3, 0.4) is 0 Å². The van der Waals surface area contributed by atoms with Gasteiger partial charge in [0.25, 0.3) is 10.1 Å². The molecule has 0 aromatic heterocycles. The summed E-state index contributed by atoms with van der Waals surface area (Å²) in [7, 11) is 0.220. The minimum Gasteiger partial charge on any atom is -0.379 e. The van der Waals surface area contributed by atoms with E-state index in [1.54, 1.807) is 11.8 Å². The highest BCUT2D eigenvalue weighted by molar-refractivity contribution is 7.99. The number of Topliss-reactive ketones (excluding diaryl/α,β-unsaturated/α-hetero) is 1. The maximum atomic E-state index is 13.0. The number of hydrogen-bond donors (Lipinski definition) is 1. The fraction of sp³-hybridized carbons (Fsp3) is 0.667. The van der Waals surface area contributed by atoms with Crippen LogP contribution in [0.5, 0.6) is 0 Å². The van der Waals surface area contributed by atoms with Gasteiger partial charge in [-0.1, -0.05) is 12.1 Å². The average Bonchev–Trinajstić information content (AvgIpc) is 2.67. The summed E-state index contributed by atoms with van der Waals surface area (Å²) in [5, 5.41) is 0. The van der Waals surface area contributed by atoms with Crippen molar-refractivity contribution < 1.29 is 27.0 Å². The van der Waals surface area contributed by atoms with Crippen LogP contribution in [0, 0.1) is 0 Å². The Labute approximate surface area is 185 Å². The minimum absolute atomic E-state index is 0.123. The molecular formula is C21H35N2O5S2+. The van der Waals surface area contributed by atoms with Crippen LogP contribution in [-0.2, 0) is 14.9 Å². The van der Waals surface area contributed by atoms with E-state index in [2.05, 4.69) is 19.0 Å². The SMILES string of the molecule is CC(C)(C(=O)c1ccc(SCC[N+](C)(C)CCCS(=O)(=O)O)cc1)N1CCOCC1. The molecule has 170 valence electrons. The van der Waals surface area contributed by atoms with Crippen molar-refractivity contribution in [2.45, 2.75) is 30.7 Å². The first kappa shape index (κ1) is 25.3. The van der Waals surface area contributed by atoms with E-state index in [4.69, 9.17) is 9.29 Å². The first-order valence-electron chi connectivity index (χ1n) is 10.3. The van der Waals surface area contributed by atoms with Crippen molar-refractivity contribution in [2.24, 2.45) is 0 Å². The maximum absolute atomic E-state index is 13.0. The highest BCUT2D eigenvalue weighted by Gasteiger charge is 2.35. The van der Waals surface area contributed by atoms with Crippen LogP contribution in [0.25, 0.3) is 0 Å². The van der Waals surface area contributed by atoms with Crippen molar-refractivity contribution >= 4 is 27.7 Å². The molecule has 0 unspecified atom stereocenters. The first-order chi connectivity index (χ1) is 13.9. The number of benzene rings is 1. The number of thioether (sulfide) groups is 1. The smallest absolute Gasteiger partial charge is 0.265 e. The zero-order chi connectivity index (χ0) is 22.4. The number of quaternary nitrogens is 1. The second-order valence-corrected chi connectivity index (χ2v) is 11.6. The molecule has 1 heterocycles. The predicted octanol–water partition coefficient (Wildman–Crippen LogP) is 2.43. The highest BCUT2D eigenvalue weighted by atomic mass is 32.2. The van der Waals surface area contributed by atoms with Gasteiger partial charge in [-0.3, -0.25) is 14.2 Å². The van der Waals surface area contributed by atoms with E-state index in [1.165, 1.54) is 0 Å². The van der Waals surface area contributed by atoms with Crippen molar-refractivity contribution in [2.75, 3.05) is 65.0 Å². The van der Waals surface area contributed by atoms with Crippen molar-refractivity contribution in [3.63, 3.8) is 0 Å². The van der Waals surface area contributed by atoms with Gasteiger partial charge in [0, 0.05) is 35.7 Å². The quantitative estimate of drug-likeness (QED) is 0.235. The average molecular weight is 460 g/mol. The largest absolute Gasteiger partial charge is 0.379 e. The molecule has 7 nitrogen and oxygen atoms in total. The summed E-state index contributed by atoms with van der Waals surface area (Å²) >= 11 is 1.72. The summed E-state index contributed by atoms with van der Waals surface area (Å²) in [4.78, 5) is 16.3. The molecule has 0 spiro atoms. The lowest BCUT2D eigenvalue weighted by molar-refractivity contribution is -0.887. The number of carbonyl (C=O) groups is 1. The van der Waals surface area contributed by atoms with E-state index in [-0.39, 0.29) is 11.5 Å². The Morgan fingerprint density at radius 1 is 1.17 bits per heavy atom. The van der Waals surface area contributed by atoms with Crippen LogP contribution in [0.4, 0.5) is 0 Å². The number of carbonyl (C=O) groups excluding carboxylic acids is 1. The fourth-order valence-electron chi connectivity index (χ4n) is 3.52. The standard InChI is InChI=1S/C21H34N2O5S2/c1-21(2,22-10-14-28-15-11-22)20(24)18-6-8-19(9-7-18)29-16-13-23(3,4)12-5-17-30(25,26)27/h6-9H,5,10-17H2,1-4H3/p+1. The molecule has 2 rings (SSSR count). The lowest BCUT2D eigenvalue weighted by Gasteiger charge is -2.39. The second kappa shape index (κ2) is 10.6. The lowest BCUT2D eigenvalue weighted by Crippen LogP contribution is -2.54. The summed E-state index contributed by atoms with van der Waals surface area (Å²) in [5.74, 6) is 0.807. The van der Waals surface area contributed by atoms with Crippen LogP contribution in [0.1, 0.15) is 30.6 Å². The van der Waals surface area contributed by atoms with Gasteiger partial charge in [-0.25, -0.2) is 0 Å². The van der Waals surface area contributed by atoms with Crippen LogP contribution < -0.4 is 0 Å². The van der Waals surface area contributed by atoms with Gasteiger partial charge < -0.3 is 9.22 Å². The van der Waals surface area contributed by atoms with Gasteiger partial charge in [-0.05, 0) is 26.0 Å². The number of rotatable bonds is 11. The molecule has 0 aliphatic carbocycles. The number of nitrogens with zero attached hydrogens (tertiary/aromatic N) is 2. The van der Waals surface area contributed by atoms with Gasteiger partial charge >= 0.3 is 0 Å². The molecule has 1 fully saturated rings. The van der Waals surface area contributed by atoms with E-state index < -0.39 is 15.7 Å². The number of ketones is 1. The van der Waals surface area contributed by atoms with Gasteiger partial charge in [-0.15, -0.1) is 11.8 Å². The summed E-state index contributed by atoms with van der Waals surface area (Å²) in [6.45, 7) is 8.38. The Kier molecular flexibility index (Phi) is 8.91. The van der Waals surface area contributed by atoms with Crippen LogP contribution in [0.2, 0.25) is 0 Å². The van der Waals surface area contributed by atoms with Gasteiger partial charge in [0.05, 0.1) is 51.7 Å². The number of ether oxygens (including phenoxy) is 1. The summed E-state index contributed by atoms with van der Waals surface area (Å²) in [6, 6.07) is 7.79. The van der Waals surface area contributed by atoms with Crippen molar-refractivity contribution in [3.05, 3.63) is 29.8 Å². The van der Waals surface area contributed by atoms with Gasteiger partial charge in [0.15, 0.2) is 5.78 Å². The second-order valence-electron chi connectivity index (χ2n) is 8.88. The molecule has 0 amide bonds. The Hall–Kier alpha value is -0.970. The molecule has 1 aromatic rings. The third kappa shape index (κ3) is 7.94.